The Balaban J connectivity index is 2.12. The molecular formula is C18H26N4O2. The fourth-order valence-electron chi connectivity index (χ4n) is 2.92. The first-order valence-corrected chi connectivity index (χ1v) is 8.41. The van der Waals surface area contributed by atoms with Crippen LogP contribution in [0.5, 0.6) is 0 Å². The van der Waals surface area contributed by atoms with Crippen LogP contribution in [0.25, 0.3) is 5.69 Å². The molecule has 6 nitrogen and oxygen atoms in total. The van der Waals surface area contributed by atoms with E-state index in [1.54, 1.807) is 23.3 Å². The van der Waals surface area contributed by atoms with Gasteiger partial charge in [0.15, 0.2) is 0 Å². The molecule has 0 saturated carbocycles. The molecule has 2 rings (SSSR count). The van der Waals surface area contributed by atoms with Gasteiger partial charge < -0.3 is 10.4 Å². The van der Waals surface area contributed by atoms with Crippen LogP contribution in [-0.4, -0.2) is 38.9 Å². The number of hydrogen-bond donors (Lipinski definition) is 2. The molecule has 2 N–H and O–H groups in total. The highest BCUT2D eigenvalue weighted by atomic mass is 16.3. The monoisotopic (exact) mass is 330 g/mol. The number of nitrogens with one attached hydrogen (secondary N) is 1. The number of aromatic nitrogens is 3. The van der Waals surface area contributed by atoms with Crippen LogP contribution in [0.1, 0.15) is 49.2 Å². The summed E-state index contributed by atoms with van der Waals surface area (Å²) in [6, 6.07) is 3.70. The smallest absolute Gasteiger partial charge is 0.254 e. The maximum Gasteiger partial charge on any atom is 0.254 e. The van der Waals surface area contributed by atoms with Gasteiger partial charge in [-0.1, -0.05) is 13.8 Å². The van der Waals surface area contributed by atoms with Gasteiger partial charge in [0.2, 0.25) is 0 Å². The minimum atomic E-state index is -0.128. The molecule has 2 heterocycles. The molecule has 24 heavy (non-hydrogen) atoms. The van der Waals surface area contributed by atoms with E-state index >= 15 is 0 Å². The Morgan fingerprint density at radius 3 is 2.54 bits per heavy atom. The highest BCUT2D eigenvalue weighted by molar-refractivity contribution is 5.95. The molecule has 0 atom stereocenters. The summed E-state index contributed by atoms with van der Waals surface area (Å²) in [7, 11) is 0. The third kappa shape index (κ3) is 3.82. The van der Waals surface area contributed by atoms with Crippen LogP contribution in [0.4, 0.5) is 0 Å². The first-order chi connectivity index (χ1) is 11.6. The van der Waals surface area contributed by atoms with Crippen molar-refractivity contribution in [3.63, 3.8) is 0 Å². The molecule has 0 spiro atoms. The third-order valence-electron chi connectivity index (χ3n) is 4.93. The summed E-state index contributed by atoms with van der Waals surface area (Å²) in [6.07, 6.45) is 7.51. The zero-order valence-electron chi connectivity index (χ0n) is 14.6. The zero-order valence-corrected chi connectivity index (χ0v) is 14.6. The molecule has 2 aromatic heterocycles. The Bertz CT molecular complexity index is 663. The Morgan fingerprint density at radius 1 is 1.29 bits per heavy atom. The maximum atomic E-state index is 12.6. The summed E-state index contributed by atoms with van der Waals surface area (Å²) in [5.74, 6) is -0.128. The van der Waals surface area contributed by atoms with E-state index in [9.17, 15) is 9.90 Å². The highest BCUT2D eigenvalue weighted by Crippen LogP contribution is 2.29. The lowest BCUT2D eigenvalue weighted by Gasteiger charge is -2.31. The largest absolute Gasteiger partial charge is 0.396 e. The minimum Gasteiger partial charge on any atom is -0.396 e. The topological polar surface area (TPSA) is 80.0 Å². The number of rotatable bonds is 8. The van der Waals surface area contributed by atoms with Gasteiger partial charge in [0.05, 0.1) is 23.1 Å². The lowest BCUT2D eigenvalue weighted by molar-refractivity contribution is 0.0906. The number of carbonyl (C=O) groups excluding carboxylic acids is 1. The third-order valence-corrected chi connectivity index (χ3v) is 4.93. The highest BCUT2D eigenvalue weighted by Gasteiger charge is 2.27. The molecule has 0 radical (unpaired) electrons. The van der Waals surface area contributed by atoms with Gasteiger partial charge in [0.1, 0.15) is 0 Å². The van der Waals surface area contributed by atoms with Crippen LogP contribution in [0.2, 0.25) is 0 Å². The van der Waals surface area contributed by atoms with E-state index in [1.807, 2.05) is 19.1 Å². The van der Waals surface area contributed by atoms with Gasteiger partial charge in [-0.15, -0.1) is 0 Å². The number of nitrogens with zero attached hydrogens (tertiary/aromatic N) is 3. The van der Waals surface area contributed by atoms with Crippen molar-refractivity contribution in [3.05, 3.63) is 42.0 Å². The van der Waals surface area contributed by atoms with Crippen molar-refractivity contribution in [2.24, 2.45) is 5.41 Å². The molecule has 2 aromatic rings. The van der Waals surface area contributed by atoms with Gasteiger partial charge in [-0.05, 0) is 43.7 Å². The number of amides is 1. The zero-order chi connectivity index (χ0) is 17.6. The quantitative estimate of drug-likeness (QED) is 0.779. The molecule has 6 heteroatoms. The molecule has 1 amide bonds. The molecule has 0 aliphatic heterocycles. The van der Waals surface area contributed by atoms with Gasteiger partial charge in [0.25, 0.3) is 5.91 Å². The summed E-state index contributed by atoms with van der Waals surface area (Å²) in [5, 5.41) is 16.6. The van der Waals surface area contributed by atoms with E-state index in [0.717, 1.165) is 24.2 Å². The standard InChI is InChI=1S/C18H26N4O2/c1-4-18(5-2,8-11-23)13-20-17(24)16-12-21-22(14(16)3)15-6-9-19-10-7-15/h6-7,9-10,12,23H,4-5,8,11,13H2,1-3H3,(H,20,24). The normalized spacial score (nSPS) is 11.5. The molecule has 0 saturated heterocycles. The number of aliphatic hydroxyl groups is 1. The maximum absolute atomic E-state index is 12.6. The average molecular weight is 330 g/mol. The minimum absolute atomic E-state index is 0.0561. The summed E-state index contributed by atoms with van der Waals surface area (Å²) >= 11 is 0. The Kier molecular flexibility index (Phi) is 6.09. The first-order valence-electron chi connectivity index (χ1n) is 8.41. The molecular weight excluding hydrogens is 304 g/mol. The van der Waals surface area contributed by atoms with Crippen LogP contribution < -0.4 is 5.32 Å². The summed E-state index contributed by atoms with van der Waals surface area (Å²) in [4.78, 5) is 16.5. The number of pyridine rings is 1. The SMILES string of the molecule is CCC(CC)(CCO)CNC(=O)c1cnn(-c2ccncc2)c1C. The summed E-state index contributed by atoms with van der Waals surface area (Å²) < 4.78 is 1.73. The molecule has 0 fully saturated rings. The van der Waals surface area contributed by atoms with Crippen molar-refractivity contribution in [3.8, 4) is 5.69 Å². The lowest BCUT2D eigenvalue weighted by atomic mass is 9.79. The van der Waals surface area contributed by atoms with Crippen molar-refractivity contribution in [1.29, 1.82) is 0 Å². The summed E-state index contributed by atoms with van der Waals surface area (Å²) in [5.41, 5.74) is 2.18. The Labute approximate surface area is 142 Å². The van der Waals surface area contributed by atoms with Crippen LogP contribution in [0, 0.1) is 12.3 Å². The number of carbonyl (C=O) groups is 1. The molecule has 0 bridgehead atoms. The van der Waals surface area contributed by atoms with E-state index < -0.39 is 0 Å². The number of hydrogen-bond acceptors (Lipinski definition) is 4. The fraction of sp³-hybridized carbons (Fsp3) is 0.500. The molecule has 0 unspecified atom stereocenters. The van der Waals surface area contributed by atoms with E-state index in [4.69, 9.17) is 0 Å². The lowest BCUT2D eigenvalue weighted by Crippen LogP contribution is -2.37. The van der Waals surface area contributed by atoms with E-state index in [-0.39, 0.29) is 17.9 Å². The Hall–Kier alpha value is -2.21. The predicted molar refractivity (Wildman–Crippen MR) is 93.1 cm³/mol. The van der Waals surface area contributed by atoms with Gasteiger partial charge in [-0.25, -0.2) is 4.68 Å². The molecule has 0 aliphatic rings. The van der Waals surface area contributed by atoms with E-state index in [2.05, 4.69) is 29.2 Å². The van der Waals surface area contributed by atoms with Crippen molar-refractivity contribution in [1.82, 2.24) is 20.1 Å². The van der Waals surface area contributed by atoms with Crippen molar-refractivity contribution >= 4 is 5.91 Å². The van der Waals surface area contributed by atoms with Crippen molar-refractivity contribution in [2.45, 2.75) is 40.0 Å². The molecule has 0 aromatic carbocycles. The van der Waals surface area contributed by atoms with Gasteiger partial charge >= 0.3 is 0 Å². The van der Waals surface area contributed by atoms with E-state index in [1.165, 1.54) is 0 Å². The van der Waals surface area contributed by atoms with E-state index in [0.29, 0.717) is 18.5 Å². The van der Waals surface area contributed by atoms with Crippen LogP contribution in [0.15, 0.2) is 30.7 Å². The second kappa shape index (κ2) is 8.06. The molecule has 130 valence electrons. The van der Waals surface area contributed by atoms with Crippen molar-refractivity contribution < 1.29 is 9.90 Å². The predicted octanol–water partition coefficient (Wildman–Crippen LogP) is 2.49. The van der Waals surface area contributed by atoms with Gasteiger partial charge in [0, 0.05) is 25.5 Å². The molecule has 0 aliphatic carbocycles. The van der Waals surface area contributed by atoms with Crippen LogP contribution in [-0.2, 0) is 0 Å². The van der Waals surface area contributed by atoms with Crippen molar-refractivity contribution in [2.75, 3.05) is 13.2 Å². The first kappa shape index (κ1) is 18.1. The summed E-state index contributed by atoms with van der Waals surface area (Å²) in [6.45, 7) is 6.76. The second-order valence-electron chi connectivity index (χ2n) is 6.12. The average Bonchev–Trinajstić information content (AvgIpc) is 3.01. The van der Waals surface area contributed by atoms with Gasteiger partial charge in [-0.3, -0.25) is 9.78 Å². The van der Waals surface area contributed by atoms with Crippen LogP contribution >= 0.6 is 0 Å². The number of aliphatic hydroxyl groups excluding tert-OH is 1. The van der Waals surface area contributed by atoms with Crippen LogP contribution in [0.3, 0.4) is 0 Å². The van der Waals surface area contributed by atoms with Gasteiger partial charge in [-0.2, -0.15) is 5.10 Å². The fourth-order valence-corrected chi connectivity index (χ4v) is 2.92. The second-order valence-corrected chi connectivity index (χ2v) is 6.12. The Morgan fingerprint density at radius 2 is 1.96 bits per heavy atom.